The molecule has 8 heteroatoms. The Morgan fingerprint density at radius 1 is 1.18 bits per heavy atom. The fourth-order valence-corrected chi connectivity index (χ4v) is 4.41. The molecule has 3 rings (SSSR count). The molecule has 0 aromatic heterocycles. The number of nitrogens with zero attached hydrogens (tertiary/aromatic N) is 2. The Hall–Kier alpha value is -2.48. The number of piperidine rings is 1. The Kier molecular flexibility index (Phi) is 7.46. The van der Waals surface area contributed by atoms with Gasteiger partial charge >= 0.3 is 0 Å². The van der Waals surface area contributed by atoms with Crippen LogP contribution in [0.25, 0.3) is 0 Å². The van der Waals surface area contributed by atoms with Gasteiger partial charge in [-0.05, 0) is 43.0 Å². The summed E-state index contributed by atoms with van der Waals surface area (Å²) in [4.78, 5) is 42.7. The molecule has 33 heavy (non-hydrogen) atoms. The second-order valence-corrected chi connectivity index (χ2v) is 10.4. The fraction of sp³-hybridized carbons (Fsp3) is 0.640. The molecule has 3 amide bonds. The van der Waals surface area contributed by atoms with Crippen LogP contribution in [-0.2, 0) is 14.3 Å². The molecule has 1 spiro atoms. The first-order valence-electron chi connectivity index (χ1n) is 11.8. The van der Waals surface area contributed by atoms with Crippen molar-refractivity contribution in [1.82, 2.24) is 15.1 Å². The van der Waals surface area contributed by atoms with E-state index >= 15 is 0 Å². The topological polar surface area (TPSA) is 79.0 Å². The van der Waals surface area contributed by atoms with E-state index in [1.165, 1.54) is 29.2 Å². The number of rotatable bonds is 5. The third-order valence-electron chi connectivity index (χ3n) is 6.45. The number of carbonyl (C=O) groups is 3. The highest BCUT2D eigenvalue weighted by molar-refractivity contribution is 5.98. The summed E-state index contributed by atoms with van der Waals surface area (Å²) in [6.07, 6.45) is 2.05. The van der Waals surface area contributed by atoms with Gasteiger partial charge in [0.2, 0.25) is 11.8 Å². The number of hydrogen-bond donors (Lipinski definition) is 1. The molecule has 182 valence electrons. The van der Waals surface area contributed by atoms with E-state index in [9.17, 15) is 18.8 Å². The van der Waals surface area contributed by atoms with Gasteiger partial charge in [-0.3, -0.25) is 19.3 Å². The number of hydrogen-bond acceptors (Lipinski definition) is 4. The molecule has 0 radical (unpaired) electrons. The maximum absolute atomic E-state index is 13.6. The summed E-state index contributed by atoms with van der Waals surface area (Å²) in [5.74, 6) is -0.984. The molecule has 1 aromatic carbocycles. The van der Waals surface area contributed by atoms with Gasteiger partial charge in [0.05, 0.1) is 6.61 Å². The first-order chi connectivity index (χ1) is 15.5. The van der Waals surface area contributed by atoms with Crippen molar-refractivity contribution in [3.8, 4) is 0 Å². The molecule has 2 unspecified atom stereocenters. The maximum Gasteiger partial charge on any atom is 0.256 e. The summed E-state index contributed by atoms with van der Waals surface area (Å²) >= 11 is 0. The summed E-state index contributed by atoms with van der Waals surface area (Å²) in [5.41, 5.74) is -0.782. The largest absolute Gasteiger partial charge is 0.353 e. The molecule has 0 bridgehead atoms. The number of amides is 3. The lowest BCUT2D eigenvalue weighted by molar-refractivity contribution is -0.145. The van der Waals surface area contributed by atoms with Crippen molar-refractivity contribution in [2.45, 2.75) is 78.1 Å². The first kappa shape index (κ1) is 25.1. The molecule has 2 fully saturated rings. The Balaban J connectivity index is 1.84. The van der Waals surface area contributed by atoms with Crippen molar-refractivity contribution in [2.75, 3.05) is 19.7 Å². The minimum Gasteiger partial charge on any atom is -0.353 e. The molecule has 2 aliphatic heterocycles. The Labute approximate surface area is 195 Å². The normalized spacial score (nSPS) is 21.2. The molecule has 2 aliphatic rings. The lowest BCUT2D eigenvalue weighted by Crippen LogP contribution is -2.60. The lowest BCUT2D eigenvalue weighted by atomic mass is 9.90. The van der Waals surface area contributed by atoms with Gasteiger partial charge in [-0.25, -0.2) is 4.39 Å². The van der Waals surface area contributed by atoms with Crippen molar-refractivity contribution in [2.24, 2.45) is 5.41 Å². The third-order valence-corrected chi connectivity index (χ3v) is 6.45. The van der Waals surface area contributed by atoms with Crippen LogP contribution >= 0.6 is 0 Å². The highest BCUT2D eigenvalue weighted by Crippen LogP contribution is 2.39. The van der Waals surface area contributed by atoms with Gasteiger partial charge in [-0.15, -0.1) is 0 Å². The van der Waals surface area contributed by atoms with Gasteiger partial charge in [-0.1, -0.05) is 27.7 Å². The fourth-order valence-electron chi connectivity index (χ4n) is 4.41. The van der Waals surface area contributed by atoms with E-state index in [-0.39, 0.29) is 35.8 Å². The molecule has 0 aliphatic carbocycles. The van der Waals surface area contributed by atoms with E-state index in [0.717, 1.165) is 6.42 Å². The molecular formula is C25H36FN3O4. The number of nitrogens with one attached hydrogen (secondary N) is 1. The minimum absolute atomic E-state index is 0.0336. The van der Waals surface area contributed by atoms with Gasteiger partial charge < -0.3 is 15.0 Å². The van der Waals surface area contributed by atoms with Crippen LogP contribution < -0.4 is 5.32 Å². The zero-order valence-corrected chi connectivity index (χ0v) is 20.3. The molecule has 1 aromatic rings. The molecule has 1 N–H and O–H groups in total. The summed E-state index contributed by atoms with van der Waals surface area (Å²) in [6.45, 7) is 11.0. The minimum atomic E-state index is -0.971. The summed E-state index contributed by atoms with van der Waals surface area (Å²) in [6, 6.07) is 4.50. The Morgan fingerprint density at radius 2 is 1.79 bits per heavy atom. The van der Waals surface area contributed by atoms with Crippen LogP contribution in [0.1, 0.15) is 70.7 Å². The van der Waals surface area contributed by atoms with Gasteiger partial charge in [0.15, 0.2) is 0 Å². The Morgan fingerprint density at radius 3 is 2.33 bits per heavy atom. The van der Waals surface area contributed by atoms with E-state index in [4.69, 9.17) is 4.74 Å². The quantitative estimate of drug-likeness (QED) is 0.730. The molecule has 7 nitrogen and oxygen atoms in total. The summed E-state index contributed by atoms with van der Waals surface area (Å²) in [5, 5.41) is 2.95. The average Bonchev–Trinajstić information content (AvgIpc) is 3.11. The monoisotopic (exact) mass is 461 g/mol. The lowest BCUT2D eigenvalue weighted by Gasteiger charge is -2.45. The third kappa shape index (κ3) is 5.72. The predicted molar refractivity (Wildman–Crippen MR) is 123 cm³/mol. The van der Waals surface area contributed by atoms with Crippen LogP contribution in [0, 0.1) is 11.2 Å². The highest BCUT2D eigenvalue weighted by atomic mass is 19.1. The highest BCUT2D eigenvalue weighted by Gasteiger charge is 2.54. The van der Waals surface area contributed by atoms with E-state index in [1.54, 1.807) is 0 Å². The van der Waals surface area contributed by atoms with Crippen LogP contribution in [0.5, 0.6) is 0 Å². The Bertz CT molecular complexity index is 873. The van der Waals surface area contributed by atoms with E-state index in [1.807, 2.05) is 39.5 Å². The van der Waals surface area contributed by atoms with Crippen LogP contribution in [0.15, 0.2) is 24.3 Å². The second kappa shape index (κ2) is 9.79. The van der Waals surface area contributed by atoms with E-state index in [2.05, 4.69) is 5.32 Å². The van der Waals surface area contributed by atoms with Crippen LogP contribution in [0.2, 0.25) is 0 Å². The number of likely N-dealkylation sites (tertiary alicyclic amines) is 1. The number of ether oxygens (including phenoxy) is 1. The maximum atomic E-state index is 13.6. The molecule has 2 saturated heterocycles. The second-order valence-electron chi connectivity index (χ2n) is 10.4. The van der Waals surface area contributed by atoms with Crippen molar-refractivity contribution < 1.29 is 23.5 Å². The average molecular weight is 462 g/mol. The van der Waals surface area contributed by atoms with Crippen molar-refractivity contribution in [3.05, 3.63) is 35.6 Å². The van der Waals surface area contributed by atoms with Gasteiger partial charge in [0.1, 0.15) is 17.6 Å². The van der Waals surface area contributed by atoms with Gasteiger partial charge in [0, 0.05) is 44.0 Å². The zero-order chi connectivity index (χ0) is 24.4. The number of carbonyl (C=O) groups excluding carboxylic acids is 3. The summed E-state index contributed by atoms with van der Waals surface area (Å²) in [7, 11) is 0. The molecule has 0 saturated carbocycles. The zero-order valence-electron chi connectivity index (χ0n) is 20.3. The van der Waals surface area contributed by atoms with E-state index < -0.39 is 17.6 Å². The van der Waals surface area contributed by atoms with Crippen molar-refractivity contribution in [1.29, 1.82) is 0 Å². The number of halogens is 1. The first-order valence-corrected chi connectivity index (χ1v) is 11.8. The van der Waals surface area contributed by atoms with Gasteiger partial charge in [0.25, 0.3) is 5.91 Å². The smallest absolute Gasteiger partial charge is 0.256 e. The van der Waals surface area contributed by atoms with Crippen LogP contribution in [0.3, 0.4) is 0 Å². The molecule has 2 atom stereocenters. The van der Waals surface area contributed by atoms with Crippen molar-refractivity contribution in [3.63, 3.8) is 0 Å². The molecular weight excluding hydrogens is 425 g/mol. The summed E-state index contributed by atoms with van der Waals surface area (Å²) < 4.78 is 19.6. The standard InChI is InChI=1S/C25H36FN3O4/c1-6-17(2)27-22(31)20-16-33-25(29(20)23(32)18-7-9-19(26)10-8-18)11-13-28(14-12-25)21(30)15-24(3,4)5/h7-10,17,20H,6,11-16H2,1-5H3,(H,27,31). The van der Waals surface area contributed by atoms with Crippen LogP contribution in [0.4, 0.5) is 4.39 Å². The van der Waals surface area contributed by atoms with Crippen LogP contribution in [-0.4, -0.2) is 65.0 Å². The van der Waals surface area contributed by atoms with E-state index in [0.29, 0.717) is 37.9 Å². The predicted octanol–water partition coefficient (Wildman–Crippen LogP) is 3.34. The SMILES string of the molecule is CCC(C)NC(=O)C1COC2(CCN(C(=O)CC(C)(C)C)CC2)N1C(=O)c1ccc(F)cc1. The van der Waals surface area contributed by atoms with Gasteiger partial charge in [-0.2, -0.15) is 0 Å². The van der Waals surface area contributed by atoms with Crippen molar-refractivity contribution >= 4 is 17.7 Å². The molecule has 2 heterocycles. The number of benzene rings is 1.